The number of anilines is 1. The zero-order chi connectivity index (χ0) is 17.4. The Morgan fingerprint density at radius 3 is 2.44 bits per heavy atom. The van der Waals surface area contributed by atoms with E-state index < -0.39 is 5.97 Å². The van der Waals surface area contributed by atoms with Crippen LogP contribution in [-0.4, -0.2) is 30.2 Å². The van der Waals surface area contributed by atoms with Crippen LogP contribution >= 0.6 is 0 Å². The van der Waals surface area contributed by atoms with Gasteiger partial charge in [0.25, 0.3) is 0 Å². The molecule has 2 aromatic carbocycles. The number of nitrogens with one attached hydrogen (secondary N) is 1. The Hall–Kier alpha value is -3.02. The van der Waals surface area contributed by atoms with E-state index in [4.69, 9.17) is 14.6 Å². The number of fused-ring (bicyclic) bond motifs is 1. The Bertz CT molecular complexity index is 830. The fraction of sp³-hybridized carbons (Fsp3) is 0.263. The Labute approximate surface area is 144 Å². The predicted molar refractivity (Wildman–Crippen MR) is 90.3 cm³/mol. The van der Waals surface area contributed by atoms with Crippen LogP contribution in [-0.2, 0) is 4.79 Å². The maximum absolute atomic E-state index is 12.4. The van der Waals surface area contributed by atoms with Gasteiger partial charge in [0.1, 0.15) is 13.2 Å². The highest BCUT2D eigenvalue weighted by Crippen LogP contribution is 2.49. The molecule has 128 valence electrons. The predicted octanol–water partition coefficient (Wildman–Crippen LogP) is 2.90. The van der Waals surface area contributed by atoms with Gasteiger partial charge in [-0.1, -0.05) is 6.07 Å². The second-order valence-corrected chi connectivity index (χ2v) is 6.22. The largest absolute Gasteiger partial charge is 0.486 e. The van der Waals surface area contributed by atoms with Crippen LogP contribution in [0.4, 0.5) is 5.69 Å². The van der Waals surface area contributed by atoms with Crippen molar-refractivity contribution in [3.8, 4) is 11.5 Å². The van der Waals surface area contributed by atoms with Crippen molar-refractivity contribution in [2.45, 2.75) is 12.3 Å². The minimum atomic E-state index is -0.987. The van der Waals surface area contributed by atoms with Crippen LogP contribution in [0.5, 0.6) is 11.5 Å². The molecule has 2 atom stereocenters. The number of carbonyl (C=O) groups excluding carboxylic acids is 1. The summed E-state index contributed by atoms with van der Waals surface area (Å²) in [6.45, 7) is 1.10. The van der Waals surface area contributed by atoms with Crippen LogP contribution in [0, 0.1) is 5.92 Å². The molecule has 2 aliphatic rings. The first-order valence-electron chi connectivity index (χ1n) is 8.15. The van der Waals surface area contributed by atoms with Crippen LogP contribution in [0.1, 0.15) is 28.3 Å². The number of benzene rings is 2. The molecule has 0 aromatic heterocycles. The average molecular weight is 339 g/mol. The van der Waals surface area contributed by atoms with Crippen molar-refractivity contribution in [3.05, 3.63) is 53.6 Å². The van der Waals surface area contributed by atoms with Gasteiger partial charge in [-0.05, 0) is 54.3 Å². The SMILES string of the molecule is O=C(O)c1ccc(NC(=O)C2CC2c2ccc3c(c2)OCCO3)cc1. The molecule has 2 N–H and O–H groups in total. The molecular formula is C19H17NO5. The fourth-order valence-corrected chi connectivity index (χ4v) is 3.07. The van der Waals surface area contributed by atoms with Gasteiger partial charge in [-0.25, -0.2) is 4.79 Å². The topological polar surface area (TPSA) is 84.9 Å². The summed E-state index contributed by atoms with van der Waals surface area (Å²) >= 11 is 0. The van der Waals surface area contributed by atoms with E-state index in [0.717, 1.165) is 23.5 Å². The maximum Gasteiger partial charge on any atom is 0.335 e. The van der Waals surface area contributed by atoms with Gasteiger partial charge in [-0.2, -0.15) is 0 Å². The summed E-state index contributed by atoms with van der Waals surface area (Å²) in [6.07, 6.45) is 0.790. The standard InChI is InChI=1S/C19H17NO5/c21-18(20-13-4-1-11(2-5-13)19(22)23)15-10-14(15)12-3-6-16-17(9-12)25-8-7-24-16/h1-6,9,14-15H,7-8,10H2,(H,20,21)(H,22,23). The van der Waals surface area contributed by atoms with Gasteiger partial charge in [-0.15, -0.1) is 0 Å². The van der Waals surface area contributed by atoms with E-state index in [1.807, 2.05) is 18.2 Å². The Kier molecular flexibility index (Phi) is 3.80. The molecule has 1 fully saturated rings. The summed E-state index contributed by atoms with van der Waals surface area (Å²) in [5.74, 6) is 0.534. The number of hydrogen-bond acceptors (Lipinski definition) is 4. The number of ether oxygens (including phenoxy) is 2. The lowest BCUT2D eigenvalue weighted by molar-refractivity contribution is -0.117. The van der Waals surface area contributed by atoms with Crippen molar-refractivity contribution in [2.24, 2.45) is 5.92 Å². The minimum absolute atomic E-state index is 0.0528. The van der Waals surface area contributed by atoms with Gasteiger partial charge >= 0.3 is 5.97 Å². The van der Waals surface area contributed by atoms with Gasteiger partial charge in [0.05, 0.1) is 5.56 Å². The monoisotopic (exact) mass is 339 g/mol. The number of hydrogen-bond donors (Lipinski definition) is 2. The van der Waals surface area contributed by atoms with Gasteiger partial charge < -0.3 is 19.9 Å². The van der Waals surface area contributed by atoms with Crippen LogP contribution < -0.4 is 14.8 Å². The molecule has 0 spiro atoms. The number of amides is 1. The summed E-state index contributed by atoms with van der Waals surface area (Å²) in [5.41, 5.74) is 1.87. The van der Waals surface area contributed by atoms with E-state index in [9.17, 15) is 9.59 Å². The fourth-order valence-electron chi connectivity index (χ4n) is 3.07. The molecule has 6 nitrogen and oxygen atoms in total. The zero-order valence-corrected chi connectivity index (χ0v) is 13.4. The Morgan fingerprint density at radius 2 is 1.72 bits per heavy atom. The number of carboxylic acid groups (broad SMARTS) is 1. The molecule has 0 saturated heterocycles. The van der Waals surface area contributed by atoms with Crippen molar-refractivity contribution in [2.75, 3.05) is 18.5 Å². The van der Waals surface area contributed by atoms with Crippen LogP contribution in [0.2, 0.25) is 0 Å². The van der Waals surface area contributed by atoms with Crippen molar-refractivity contribution < 1.29 is 24.2 Å². The molecule has 6 heteroatoms. The van der Waals surface area contributed by atoms with E-state index in [1.165, 1.54) is 12.1 Å². The molecule has 2 aromatic rings. The van der Waals surface area contributed by atoms with E-state index in [1.54, 1.807) is 12.1 Å². The summed E-state index contributed by atoms with van der Waals surface area (Å²) in [7, 11) is 0. The third-order valence-corrected chi connectivity index (χ3v) is 4.52. The van der Waals surface area contributed by atoms with Crippen molar-refractivity contribution >= 4 is 17.6 Å². The van der Waals surface area contributed by atoms with Crippen molar-refractivity contribution in [3.63, 3.8) is 0 Å². The Balaban J connectivity index is 1.40. The van der Waals surface area contributed by atoms with Crippen LogP contribution in [0.15, 0.2) is 42.5 Å². The van der Waals surface area contributed by atoms with Crippen LogP contribution in [0.3, 0.4) is 0 Å². The van der Waals surface area contributed by atoms with E-state index in [2.05, 4.69) is 5.32 Å². The smallest absolute Gasteiger partial charge is 0.335 e. The van der Waals surface area contributed by atoms with Crippen LogP contribution in [0.25, 0.3) is 0 Å². The number of rotatable bonds is 4. The van der Waals surface area contributed by atoms with Gasteiger partial charge in [0.2, 0.25) is 5.91 Å². The molecule has 1 aliphatic carbocycles. The quantitative estimate of drug-likeness (QED) is 0.895. The molecule has 1 heterocycles. The van der Waals surface area contributed by atoms with Gasteiger partial charge in [-0.3, -0.25) is 4.79 Å². The second-order valence-electron chi connectivity index (χ2n) is 6.22. The molecule has 1 amide bonds. The first-order chi connectivity index (χ1) is 12.1. The number of carboxylic acids is 1. The molecular weight excluding hydrogens is 322 g/mol. The highest BCUT2D eigenvalue weighted by molar-refractivity contribution is 5.96. The third-order valence-electron chi connectivity index (χ3n) is 4.52. The highest BCUT2D eigenvalue weighted by Gasteiger charge is 2.44. The maximum atomic E-state index is 12.4. The molecule has 4 rings (SSSR count). The zero-order valence-electron chi connectivity index (χ0n) is 13.4. The molecule has 1 saturated carbocycles. The van der Waals surface area contributed by atoms with Crippen molar-refractivity contribution in [1.82, 2.24) is 0 Å². The molecule has 0 radical (unpaired) electrons. The summed E-state index contributed by atoms with van der Waals surface area (Å²) in [6, 6.07) is 12.0. The molecule has 1 aliphatic heterocycles. The lowest BCUT2D eigenvalue weighted by atomic mass is 10.1. The number of aromatic carboxylic acids is 1. The highest BCUT2D eigenvalue weighted by atomic mass is 16.6. The normalized spacial score (nSPS) is 20.6. The second kappa shape index (κ2) is 6.12. The average Bonchev–Trinajstić information content (AvgIpc) is 3.43. The van der Waals surface area contributed by atoms with Crippen molar-refractivity contribution in [1.29, 1.82) is 0 Å². The number of carbonyl (C=O) groups is 2. The molecule has 0 bridgehead atoms. The molecule has 25 heavy (non-hydrogen) atoms. The lowest BCUT2D eigenvalue weighted by Gasteiger charge is -2.18. The minimum Gasteiger partial charge on any atom is -0.486 e. The summed E-state index contributed by atoms with van der Waals surface area (Å²) < 4.78 is 11.1. The van der Waals surface area contributed by atoms with E-state index in [-0.39, 0.29) is 23.3 Å². The molecule has 2 unspecified atom stereocenters. The van der Waals surface area contributed by atoms with Gasteiger partial charge in [0, 0.05) is 11.6 Å². The van der Waals surface area contributed by atoms with E-state index >= 15 is 0 Å². The third kappa shape index (κ3) is 3.15. The first-order valence-corrected chi connectivity index (χ1v) is 8.15. The van der Waals surface area contributed by atoms with E-state index in [0.29, 0.717) is 18.9 Å². The first kappa shape index (κ1) is 15.5. The summed E-state index contributed by atoms with van der Waals surface area (Å²) in [5, 5.41) is 11.7. The Morgan fingerprint density at radius 1 is 1.00 bits per heavy atom. The lowest BCUT2D eigenvalue weighted by Crippen LogP contribution is -2.16. The van der Waals surface area contributed by atoms with Gasteiger partial charge in [0.15, 0.2) is 11.5 Å². The summed E-state index contributed by atoms with van der Waals surface area (Å²) in [4.78, 5) is 23.2.